The minimum atomic E-state index is -0.0465. The predicted molar refractivity (Wildman–Crippen MR) is 108 cm³/mol. The van der Waals surface area contributed by atoms with Crippen molar-refractivity contribution in [3.63, 3.8) is 0 Å². The first-order valence-corrected chi connectivity index (χ1v) is 10.7. The van der Waals surface area contributed by atoms with Gasteiger partial charge in [0, 0.05) is 30.7 Å². The fraction of sp³-hybridized carbons (Fsp3) is 0.545. The van der Waals surface area contributed by atoms with Gasteiger partial charge in [0.05, 0.1) is 12.3 Å². The molecule has 1 aromatic carbocycles. The van der Waals surface area contributed by atoms with Crippen LogP contribution in [-0.2, 0) is 0 Å². The van der Waals surface area contributed by atoms with Gasteiger partial charge in [-0.25, -0.2) is 0 Å². The van der Waals surface area contributed by atoms with Crippen molar-refractivity contribution in [2.24, 2.45) is 11.8 Å². The quantitative estimate of drug-likeness (QED) is 0.739. The summed E-state index contributed by atoms with van der Waals surface area (Å²) in [7, 11) is 0. The Morgan fingerprint density at radius 3 is 2.86 bits per heavy atom. The highest BCUT2D eigenvalue weighted by Gasteiger charge is 2.47. The van der Waals surface area contributed by atoms with E-state index in [1.54, 1.807) is 24.3 Å². The molecule has 0 aliphatic carbocycles. The van der Waals surface area contributed by atoms with Crippen LogP contribution in [0.2, 0.25) is 0 Å². The average Bonchev–Trinajstić information content (AvgIpc) is 3.24. The molecule has 154 valence electrons. The molecule has 0 radical (unpaired) electrons. The summed E-state index contributed by atoms with van der Waals surface area (Å²) in [6.45, 7) is 2.67. The second-order valence-corrected chi connectivity index (χ2v) is 8.70. The van der Waals surface area contributed by atoms with Crippen LogP contribution >= 0.6 is 0 Å². The number of likely N-dealkylation sites (tertiary alicyclic amines) is 1. The van der Waals surface area contributed by atoms with Crippen LogP contribution in [0.3, 0.4) is 0 Å². The van der Waals surface area contributed by atoms with E-state index >= 15 is 0 Å². The number of aromatic nitrogens is 2. The molecule has 1 amide bonds. The predicted octanol–water partition coefficient (Wildman–Crippen LogP) is 2.09. The number of fused-ring (bicyclic) bond motifs is 4. The third-order valence-electron chi connectivity index (χ3n) is 7.08. The fourth-order valence-electron chi connectivity index (χ4n) is 5.75. The second kappa shape index (κ2) is 7.46. The number of hydrogen-bond acceptors (Lipinski definition) is 5. The van der Waals surface area contributed by atoms with Crippen LogP contribution < -0.4 is 0 Å². The molecule has 0 unspecified atom stereocenters. The molecule has 29 heavy (non-hydrogen) atoms. The molecule has 2 bridgehead atoms. The van der Waals surface area contributed by atoms with Gasteiger partial charge in [-0.1, -0.05) is 18.6 Å². The number of aromatic amines is 1. The summed E-state index contributed by atoms with van der Waals surface area (Å²) in [5, 5.41) is 27.2. The summed E-state index contributed by atoms with van der Waals surface area (Å²) in [5.74, 6) is 0.891. The molecular weight excluding hydrogens is 368 g/mol. The number of carbonyl (C=O) groups is 1. The number of nitrogens with one attached hydrogen (secondary N) is 1. The number of amides is 1. The summed E-state index contributed by atoms with van der Waals surface area (Å²) in [5.41, 5.74) is 1.62. The molecule has 5 rings (SSSR count). The SMILES string of the molecule is O=C(c1cc(-c2ccccc2O)n[nH]1)N1C[C@H]2C[C@@H](C1)[C@H](CO)N1CCCC[C@@H]21. The van der Waals surface area contributed by atoms with Crippen molar-refractivity contribution in [2.45, 2.75) is 37.8 Å². The van der Waals surface area contributed by atoms with Gasteiger partial charge in [-0.2, -0.15) is 5.10 Å². The van der Waals surface area contributed by atoms with Gasteiger partial charge in [0.25, 0.3) is 5.91 Å². The molecule has 3 saturated heterocycles. The Morgan fingerprint density at radius 2 is 2.03 bits per heavy atom. The topological polar surface area (TPSA) is 92.7 Å². The lowest BCUT2D eigenvalue weighted by molar-refractivity contribution is -0.0795. The van der Waals surface area contributed by atoms with Crippen molar-refractivity contribution in [1.29, 1.82) is 0 Å². The van der Waals surface area contributed by atoms with E-state index < -0.39 is 0 Å². The van der Waals surface area contributed by atoms with E-state index in [1.807, 2.05) is 11.0 Å². The Hall–Kier alpha value is -2.38. The number of aliphatic hydroxyl groups is 1. The third kappa shape index (κ3) is 3.22. The number of H-pyrrole nitrogens is 1. The highest BCUT2D eigenvalue weighted by Crippen LogP contribution is 2.41. The number of aliphatic hydroxyl groups excluding tert-OH is 1. The van der Waals surface area contributed by atoms with Crippen molar-refractivity contribution in [3.05, 3.63) is 36.0 Å². The zero-order chi connectivity index (χ0) is 20.0. The van der Waals surface area contributed by atoms with Gasteiger partial charge in [0.2, 0.25) is 0 Å². The number of carbonyl (C=O) groups excluding carboxylic acids is 1. The Labute approximate surface area is 170 Å². The van der Waals surface area contributed by atoms with E-state index in [2.05, 4.69) is 15.1 Å². The van der Waals surface area contributed by atoms with Crippen molar-refractivity contribution < 1.29 is 15.0 Å². The molecular formula is C22H28N4O3. The van der Waals surface area contributed by atoms with Crippen LogP contribution in [-0.4, -0.2) is 74.4 Å². The summed E-state index contributed by atoms with van der Waals surface area (Å²) in [6.07, 6.45) is 4.71. The summed E-state index contributed by atoms with van der Waals surface area (Å²) < 4.78 is 0. The number of rotatable bonds is 3. The van der Waals surface area contributed by atoms with Gasteiger partial charge in [-0.3, -0.25) is 14.8 Å². The van der Waals surface area contributed by atoms with E-state index in [0.29, 0.717) is 41.4 Å². The van der Waals surface area contributed by atoms with Crippen LogP contribution in [0.5, 0.6) is 5.75 Å². The van der Waals surface area contributed by atoms with Crippen molar-refractivity contribution in [2.75, 3.05) is 26.2 Å². The maximum absolute atomic E-state index is 13.2. The number of para-hydroxylation sites is 1. The van der Waals surface area contributed by atoms with Gasteiger partial charge >= 0.3 is 0 Å². The van der Waals surface area contributed by atoms with E-state index in [0.717, 1.165) is 25.9 Å². The number of hydrogen-bond donors (Lipinski definition) is 3. The van der Waals surface area contributed by atoms with Crippen LogP contribution in [0.15, 0.2) is 30.3 Å². The van der Waals surface area contributed by atoms with Gasteiger partial charge in [0.1, 0.15) is 11.4 Å². The maximum Gasteiger partial charge on any atom is 0.271 e. The number of phenolic OH excluding ortho intramolecular Hbond substituents is 1. The smallest absolute Gasteiger partial charge is 0.271 e. The van der Waals surface area contributed by atoms with Crippen LogP contribution in [0, 0.1) is 11.8 Å². The lowest BCUT2D eigenvalue weighted by atomic mass is 9.72. The van der Waals surface area contributed by atoms with Crippen molar-refractivity contribution in [1.82, 2.24) is 20.0 Å². The van der Waals surface area contributed by atoms with Gasteiger partial charge < -0.3 is 15.1 Å². The number of aromatic hydroxyl groups is 1. The third-order valence-corrected chi connectivity index (χ3v) is 7.08. The minimum Gasteiger partial charge on any atom is -0.507 e. The molecule has 7 nitrogen and oxygen atoms in total. The summed E-state index contributed by atoms with van der Waals surface area (Å²) >= 11 is 0. The lowest BCUT2D eigenvalue weighted by Gasteiger charge is -2.56. The normalized spacial score (nSPS) is 29.5. The largest absolute Gasteiger partial charge is 0.507 e. The van der Waals surface area contributed by atoms with Gasteiger partial charge in [-0.15, -0.1) is 0 Å². The summed E-state index contributed by atoms with van der Waals surface area (Å²) in [6, 6.07) is 9.35. The standard InChI is InChI=1S/C22H28N4O3/c27-13-20-15-9-14(19-6-3-4-8-26(19)20)11-25(12-15)22(29)18-10-17(23-24-18)16-5-1-2-7-21(16)28/h1-2,5,7,10,14-15,19-20,27-28H,3-4,6,8-9,11-13H2,(H,23,24)/t14-,15+,19+,20+/m1/s1. The second-order valence-electron chi connectivity index (χ2n) is 8.70. The highest BCUT2D eigenvalue weighted by atomic mass is 16.3. The maximum atomic E-state index is 13.2. The molecule has 4 heterocycles. The Balaban J connectivity index is 1.37. The van der Waals surface area contributed by atoms with Crippen LogP contribution in [0.4, 0.5) is 0 Å². The molecule has 1 aromatic heterocycles. The van der Waals surface area contributed by atoms with Crippen molar-refractivity contribution >= 4 is 5.91 Å². The zero-order valence-corrected chi connectivity index (χ0v) is 16.5. The monoisotopic (exact) mass is 396 g/mol. The molecule has 4 atom stereocenters. The first-order valence-electron chi connectivity index (χ1n) is 10.7. The molecule has 0 saturated carbocycles. The molecule has 3 fully saturated rings. The van der Waals surface area contributed by atoms with Gasteiger partial charge in [-0.05, 0) is 55.8 Å². The van der Waals surface area contributed by atoms with E-state index in [1.165, 1.54) is 12.8 Å². The lowest BCUT2D eigenvalue weighted by Crippen LogP contribution is -2.65. The van der Waals surface area contributed by atoms with Crippen molar-refractivity contribution in [3.8, 4) is 17.0 Å². The highest BCUT2D eigenvalue weighted by molar-refractivity contribution is 5.93. The summed E-state index contributed by atoms with van der Waals surface area (Å²) in [4.78, 5) is 17.7. The molecule has 3 aliphatic rings. The van der Waals surface area contributed by atoms with Gasteiger partial charge in [0.15, 0.2) is 0 Å². The minimum absolute atomic E-state index is 0.0465. The Bertz CT molecular complexity index is 884. The van der Waals surface area contributed by atoms with Crippen LogP contribution in [0.25, 0.3) is 11.3 Å². The molecule has 2 aromatic rings. The Kier molecular flexibility index (Phi) is 4.80. The Morgan fingerprint density at radius 1 is 1.21 bits per heavy atom. The number of phenols is 1. The first kappa shape index (κ1) is 18.6. The van der Waals surface area contributed by atoms with E-state index in [9.17, 15) is 15.0 Å². The number of piperidine rings is 3. The average molecular weight is 396 g/mol. The van der Waals surface area contributed by atoms with E-state index in [4.69, 9.17) is 0 Å². The number of nitrogens with zero attached hydrogens (tertiary/aromatic N) is 3. The molecule has 3 aliphatic heterocycles. The molecule has 7 heteroatoms. The molecule has 0 spiro atoms. The zero-order valence-electron chi connectivity index (χ0n) is 16.5. The fourth-order valence-corrected chi connectivity index (χ4v) is 5.75. The first-order chi connectivity index (χ1) is 14.2. The van der Waals surface area contributed by atoms with Crippen LogP contribution in [0.1, 0.15) is 36.2 Å². The number of benzene rings is 1. The van der Waals surface area contributed by atoms with E-state index in [-0.39, 0.29) is 24.3 Å². The molecule has 3 N–H and O–H groups in total.